The average Bonchev–Trinajstić information content (AvgIpc) is 2.78. The molecule has 0 radical (unpaired) electrons. The van der Waals surface area contributed by atoms with Crippen molar-refractivity contribution in [2.45, 2.75) is 26.2 Å². The van der Waals surface area contributed by atoms with Gasteiger partial charge in [-0.3, -0.25) is 4.79 Å². The van der Waals surface area contributed by atoms with E-state index in [1.54, 1.807) is 25.1 Å². The molecule has 1 saturated carbocycles. The van der Waals surface area contributed by atoms with Gasteiger partial charge in [-0.1, -0.05) is 40.8 Å². The normalized spacial score (nSPS) is 14.7. The van der Waals surface area contributed by atoms with Crippen LogP contribution in [0.15, 0.2) is 22.7 Å². The number of nitrogens with one attached hydrogen (secondary N) is 1. The number of hydrogen-bond acceptors (Lipinski definition) is 3. The lowest BCUT2D eigenvalue weighted by molar-refractivity contribution is 0.0938. The molecular formula is C16H16Cl2N2O2. The molecule has 0 atom stereocenters. The molecule has 0 saturated heterocycles. The summed E-state index contributed by atoms with van der Waals surface area (Å²) in [5.41, 5.74) is 1.31. The Labute approximate surface area is 138 Å². The first-order valence-corrected chi connectivity index (χ1v) is 8.02. The van der Waals surface area contributed by atoms with Gasteiger partial charge in [0.15, 0.2) is 0 Å². The van der Waals surface area contributed by atoms with Crippen molar-refractivity contribution in [1.82, 2.24) is 10.5 Å². The van der Waals surface area contributed by atoms with Gasteiger partial charge in [0, 0.05) is 12.1 Å². The standard InChI is InChI=1S/C16H16Cl2N2O2/c1-9-13(16(21)19-8-10-4-2-5-10)15(20-22-9)14-11(17)6-3-7-12(14)18/h3,6-7,10H,2,4-5,8H2,1H3,(H,19,21). The van der Waals surface area contributed by atoms with Crippen LogP contribution in [0, 0.1) is 12.8 Å². The molecule has 1 aliphatic carbocycles. The molecule has 1 heterocycles. The van der Waals surface area contributed by atoms with E-state index in [2.05, 4.69) is 10.5 Å². The van der Waals surface area contributed by atoms with Crippen LogP contribution < -0.4 is 5.32 Å². The zero-order valence-corrected chi connectivity index (χ0v) is 13.7. The third-order valence-corrected chi connectivity index (χ3v) is 4.70. The molecule has 6 heteroatoms. The van der Waals surface area contributed by atoms with Gasteiger partial charge in [-0.25, -0.2) is 0 Å². The number of amides is 1. The van der Waals surface area contributed by atoms with Gasteiger partial charge < -0.3 is 9.84 Å². The number of carbonyl (C=O) groups is 1. The number of aryl methyl sites for hydroxylation is 1. The first kappa shape index (κ1) is 15.4. The van der Waals surface area contributed by atoms with Crippen LogP contribution in [0.2, 0.25) is 10.0 Å². The summed E-state index contributed by atoms with van der Waals surface area (Å²) in [7, 11) is 0. The van der Waals surface area contributed by atoms with Crippen LogP contribution >= 0.6 is 23.2 Å². The van der Waals surface area contributed by atoms with E-state index >= 15 is 0 Å². The molecule has 2 aromatic rings. The summed E-state index contributed by atoms with van der Waals surface area (Å²) in [4.78, 5) is 12.5. The van der Waals surface area contributed by atoms with Crippen molar-refractivity contribution < 1.29 is 9.32 Å². The van der Waals surface area contributed by atoms with Gasteiger partial charge in [0.2, 0.25) is 0 Å². The lowest BCUT2D eigenvalue weighted by atomic mass is 9.85. The number of benzene rings is 1. The number of nitrogens with zero attached hydrogens (tertiary/aromatic N) is 1. The highest BCUT2D eigenvalue weighted by atomic mass is 35.5. The molecule has 1 aromatic heterocycles. The Bertz CT molecular complexity index is 688. The maximum Gasteiger partial charge on any atom is 0.257 e. The molecule has 1 aromatic carbocycles. The maximum atomic E-state index is 12.5. The third-order valence-electron chi connectivity index (χ3n) is 4.07. The Hall–Kier alpha value is -1.52. The smallest absolute Gasteiger partial charge is 0.257 e. The van der Waals surface area contributed by atoms with Gasteiger partial charge in [0.25, 0.3) is 5.91 Å². The Morgan fingerprint density at radius 3 is 2.64 bits per heavy atom. The maximum absolute atomic E-state index is 12.5. The van der Waals surface area contributed by atoms with E-state index in [9.17, 15) is 4.79 Å². The van der Waals surface area contributed by atoms with Crippen molar-refractivity contribution in [2.24, 2.45) is 5.92 Å². The van der Waals surface area contributed by atoms with E-state index in [1.807, 2.05) is 0 Å². The molecule has 0 unspecified atom stereocenters. The first-order valence-electron chi connectivity index (χ1n) is 7.26. The summed E-state index contributed by atoms with van der Waals surface area (Å²) in [6, 6.07) is 5.17. The second kappa shape index (κ2) is 6.31. The van der Waals surface area contributed by atoms with E-state index in [0.29, 0.717) is 45.1 Å². The summed E-state index contributed by atoms with van der Waals surface area (Å²) < 4.78 is 5.20. The minimum Gasteiger partial charge on any atom is -0.360 e. The highest BCUT2D eigenvalue weighted by molar-refractivity contribution is 6.39. The van der Waals surface area contributed by atoms with Crippen LogP contribution in [0.1, 0.15) is 35.4 Å². The summed E-state index contributed by atoms with van der Waals surface area (Å²) in [5, 5.41) is 7.81. The van der Waals surface area contributed by atoms with Crippen molar-refractivity contribution in [2.75, 3.05) is 6.54 Å². The molecular weight excluding hydrogens is 323 g/mol. The quantitative estimate of drug-likeness (QED) is 0.893. The molecule has 22 heavy (non-hydrogen) atoms. The Morgan fingerprint density at radius 2 is 2.05 bits per heavy atom. The topological polar surface area (TPSA) is 55.1 Å². The summed E-state index contributed by atoms with van der Waals surface area (Å²) >= 11 is 12.4. The number of rotatable bonds is 4. The highest BCUT2D eigenvalue weighted by Gasteiger charge is 2.26. The number of halogens is 2. The Balaban J connectivity index is 1.91. The second-order valence-electron chi connectivity index (χ2n) is 5.57. The highest BCUT2D eigenvalue weighted by Crippen LogP contribution is 2.36. The zero-order valence-electron chi connectivity index (χ0n) is 12.2. The van der Waals surface area contributed by atoms with Crippen LogP contribution in [0.5, 0.6) is 0 Å². The predicted octanol–water partition coefficient (Wildman–Crippen LogP) is 4.49. The van der Waals surface area contributed by atoms with E-state index in [1.165, 1.54) is 19.3 Å². The Morgan fingerprint density at radius 1 is 1.36 bits per heavy atom. The second-order valence-corrected chi connectivity index (χ2v) is 6.38. The lowest BCUT2D eigenvalue weighted by Gasteiger charge is -2.25. The number of carbonyl (C=O) groups excluding carboxylic acids is 1. The van der Waals surface area contributed by atoms with Gasteiger partial charge in [-0.05, 0) is 37.8 Å². The molecule has 116 valence electrons. The first-order chi connectivity index (χ1) is 10.6. The van der Waals surface area contributed by atoms with E-state index in [-0.39, 0.29) is 5.91 Å². The summed E-state index contributed by atoms with van der Waals surface area (Å²) in [6.45, 7) is 2.39. The van der Waals surface area contributed by atoms with Crippen molar-refractivity contribution in [3.8, 4) is 11.3 Å². The van der Waals surface area contributed by atoms with Gasteiger partial charge in [-0.15, -0.1) is 0 Å². The fraction of sp³-hybridized carbons (Fsp3) is 0.375. The minimum atomic E-state index is -0.198. The van der Waals surface area contributed by atoms with Gasteiger partial charge >= 0.3 is 0 Å². The van der Waals surface area contributed by atoms with Crippen LogP contribution in [0.25, 0.3) is 11.3 Å². The number of hydrogen-bond donors (Lipinski definition) is 1. The van der Waals surface area contributed by atoms with Crippen molar-refractivity contribution >= 4 is 29.1 Å². The SMILES string of the molecule is Cc1onc(-c2c(Cl)cccc2Cl)c1C(=O)NCC1CCC1. The number of aromatic nitrogens is 1. The lowest BCUT2D eigenvalue weighted by Crippen LogP contribution is -2.32. The van der Waals surface area contributed by atoms with Gasteiger partial charge in [0.05, 0.1) is 10.0 Å². The monoisotopic (exact) mass is 338 g/mol. The molecule has 1 aliphatic rings. The van der Waals surface area contributed by atoms with Crippen molar-refractivity contribution in [1.29, 1.82) is 0 Å². The van der Waals surface area contributed by atoms with E-state index < -0.39 is 0 Å². The molecule has 1 fully saturated rings. The van der Waals surface area contributed by atoms with Crippen molar-refractivity contribution in [3.05, 3.63) is 39.6 Å². The minimum absolute atomic E-state index is 0.198. The molecule has 4 nitrogen and oxygen atoms in total. The predicted molar refractivity (Wildman–Crippen MR) is 86.4 cm³/mol. The van der Waals surface area contributed by atoms with E-state index in [0.717, 1.165) is 0 Å². The average molecular weight is 339 g/mol. The largest absolute Gasteiger partial charge is 0.360 e. The molecule has 1 N–H and O–H groups in total. The van der Waals surface area contributed by atoms with Crippen LogP contribution in [0.4, 0.5) is 0 Å². The summed E-state index contributed by atoms with van der Waals surface area (Å²) in [6.07, 6.45) is 3.59. The summed E-state index contributed by atoms with van der Waals surface area (Å²) in [5.74, 6) is 0.838. The fourth-order valence-corrected chi connectivity index (χ4v) is 3.13. The third kappa shape index (κ3) is 2.85. The van der Waals surface area contributed by atoms with E-state index in [4.69, 9.17) is 27.7 Å². The molecule has 0 aliphatic heterocycles. The molecule has 0 spiro atoms. The zero-order chi connectivity index (χ0) is 15.7. The molecule has 0 bridgehead atoms. The van der Waals surface area contributed by atoms with Crippen LogP contribution in [-0.2, 0) is 0 Å². The van der Waals surface area contributed by atoms with Gasteiger partial charge in [0.1, 0.15) is 17.0 Å². The molecule has 3 rings (SSSR count). The van der Waals surface area contributed by atoms with Crippen molar-refractivity contribution in [3.63, 3.8) is 0 Å². The fourth-order valence-electron chi connectivity index (χ4n) is 2.56. The Kier molecular flexibility index (Phi) is 4.41. The van der Waals surface area contributed by atoms with Crippen LogP contribution in [-0.4, -0.2) is 17.6 Å². The van der Waals surface area contributed by atoms with Crippen LogP contribution in [0.3, 0.4) is 0 Å². The molecule has 1 amide bonds. The van der Waals surface area contributed by atoms with Gasteiger partial charge in [-0.2, -0.15) is 0 Å².